The number of hydrogen-bond acceptors (Lipinski definition) is 2. The number of ether oxygens (including phenoxy) is 1. The van der Waals surface area contributed by atoms with Gasteiger partial charge in [-0.1, -0.05) is 15.9 Å². The van der Waals surface area contributed by atoms with E-state index in [1.807, 2.05) is 0 Å². The van der Waals surface area contributed by atoms with Crippen LogP contribution in [0.3, 0.4) is 0 Å². The summed E-state index contributed by atoms with van der Waals surface area (Å²) in [7, 11) is 0. The second-order valence-electron chi connectivity index (χ2n) is 4.85. The van der Waals surface area contributed by atoms with Crippen molar-refractivity contribution in [3.63, 3.8) is 0 Å². The maximum Gasteiger partial charge on any atom is 0.416 e. The molecule has 0 spiro atoms. The molecular weight excluding hydrogens is 327 g/mol. The standard InChI is InChI=1S/C12H13BrF3NO2/c1-11(2,3)19-10(18)17-9-5-7(12(14,15)16)4-8(13)6-9/h4-6H,1-3H3,(H,17,18). The second-order valence-corrected chi connectivity index (χ2v) is 5.77. The minimum atomic E-state index is -4.48. The minimum absolute atomic E-state index is 0.0101. The Morgan fingerprint density at radius 2 is 1.79 bits per heavy atom. The zero-order valence-electron chi connectivity index (χ0n) is 10.6. The smallest absolute Gasteiger partial charge is 0.416 e. The maximum absolute atomic E-state index is 12.6. The molecule has 0 aliphatic carbocycles. The van der Waals surface area contributed by atoms with E-state index in [1.54, 1.807) is 20.8 Å². The highest BCUT2D eigenvalue weighted by Gasteiger charge is 2.31. The van der Waals surface area contributed by atoms with Gasteiger partial charge in [-0.3, -0.25) is 5.32 Å². The molecule has 1 aromatic rings. The Balaban J connectivity index is 2.91. The summed E-state index contributed by atoms with van der Waals surface area (Å²) in [6.07, 6.45) is -5.28. The van der Waals surface area contributed by atoms with Crippen molar-refractivity contribution in [3.8, 4) is 0 Å². The van der Waals surface area contributed by atoms with Crippen LogP contribution in [0, 0.1) is 0 Å². The molecule has 0 aliphatic heterocycles. The quantitative estimate of drug-likeness (QED) is 0.796. The Morgan fingerprint density at radius 3 is 2.26 bits per heavy atom. The lowest BCUT2D eigenvalue weighted by atomic mass is 10.2. The van der Waals surface area contributed by atoms with E-state index >= 15 is 0 Å². The summed E-state index contributed by atoms with van der Waals surface area (Å²) >= 11 is 2.96. The van der Waals surface area contributed by atoms with Gasteiger partial charge < -0.3 is 4.74 Å². The number of hydrogen-bond donors (Lipinski definition) is 1. The lowest BCUT2D eigenvalue weighted by molar-refractivity contribution is -0.137. The molecule has 0 aromatic heterocycles. The van der Waals surface area contributed by atoms with E-state index in [9.17, 15) is 18.0 Å². The van der Waals surface area contributed by atoms with Crippen LogP contribution < -0.4 is 5.32 Å². The van der Waals surface area contributed by atoms with Crippen LogP contribution in [0.25, 0.3) is 0 Å². The minimum Gasteiger partial charge on any atom is -0.444 e. The Kier molecular flexibility index (Phi) is 4.50. The molecule has 0 heterocycles. The number of halogens is 4. The first-order valence-corrected chi connectivity index (χ1v) is 6.14. The molecule has 3 nitrogen and oxygen atoms in total. The molecule has 0 aliphatic rings. The summed E-state index contributed by atoms with van der Waals surface area (Å²) in [5.74, 6) is 0. The first kappa shape index (κ1) is 15.8. The van der Waals surface area contributed by atoms with Crippen LogP contribution in [-0.4, -0.2) is 11.7 Å². The van der Waals surface area contributed by atoms with Crippen molar-refractivity contribution in [1.29, 1.82) is 0 Å². The Bertz CT molecular complexity index is 481. The van der Waals surface area contributed by atoms with Crippen molar-refractivity contribution in [1.82, 2.24) is 0 Å². The lowest BCUT2D eigenvalue weighted by Crippen LogP contribution is -2.27. The van der Waals surface area contributed by atoms with Gasteiger partial charge in [-0.2, -0.15) is 13.2 Å². The molecule has 1 aromatic carbocycles. The summed E-state index contributed by atoms with van der Waals surface area (Å²) in [5.41, 5.74) is -1.56. The fraction of sp³-hybridized carbons (Fsp3) is 0.417. The first-order chi connectivity index (χ1) is 8.47. The summed E-state index contributed by atoms with van der Waals surface area (Å²) in [6.45, 7) is 4.98. The highest BCUT2D eigenvalue weighted by Crippen LogP contribution is 2.33. The van der Waals surface area contributed by atoms with Crippen molar-refractivity contribution >= 4 is 27.7 Å². The van der Waals surface area contributed by atoms with Gasteiger partial charge in [0.2, 0.25) is 0 Å². The Hall–Kier alpha value is -1.24. The molecule has 1 N–H and O–H groups in total. The maximum atomic E-state index is 12.6. The van der Waals surface area contributed by atoms with Gasteiger partial charge in [-0.25, -0.2) is 4.79 Å². The van der Waals surface area contributed by atoms with E-state index in [0.29, 0.717) is 0 Å². The summed E-state index contributed by atoms with van der Waals surface area (Å²) < 4.78 is 43.0. The van der Waals surface area contributed by atoms with Crippen LogP contribution in [-0.2, 0) is 10.9 Å². The van der Waals surface area contributed by atoms with E-state index in [0.717, 1.165) is 12.1 Å². The highest BCUT2D eigenvalue weighted by atomic mass is 79.9. The van der Waals surface area contributed by atoms with Gasteiger partial charge in [0.05, 0.1) is 5.56 Å². The van der Waals surface area contributed by atoms with Crippen molar-refractivity contribution in [2.24, 2.45) is 0 Å². The Morgan fingerprint density at radius 1 is 1.21 bits per heavy atom. The third-order valence-corrected chi connectivity index (χ3v) is 2.33. The molecule has 19 heavy (non-hydrogen) atoms. The van der Waals surface area contributed by atoms with Gasteiger partial charge in [0.1, 0.15) is 5.60 Å². The largest absolute Gasteiger partial charge is 0.444 e. The molecule has 106 valence electrons. The molecule has 0 unspecified atom stereocenters. The number of carbonyl (C=O) groups excluding carboxylic acids is 1. The lowest BCUT2D eigenvalue weighted by Gasteiger charge is -2.20. The topological polar surface area (TPSA) is 38.3 Å². The van der Waals surface area contributed by atoms with Crippen LogP contribution in [0.5, 0.6) is 0 Å². The van der Waals surface area contributed by atoms with Gasteiger partial charge in [-0.05, 0) is 39.0 Å². The van der Waals surface area contributed by atoms with Crippen molar-refractivity contribution in [2.75, 3.05) is 5.32 Å². The number of anilines is 1. The predicted molar refractivity (Wildman–Crippen MR) is 69.0 cm³/mol. The summed E-state index contributed by atoms with van der Waals surface area (Å²) in [4.78, 5) is 11.5. The van der Waals surface area contributed by atoms with Crippen LogP contribution >= 0.6 is 15.9 Å². The zero-order chi connectivity index (χ0) is 14.8. The van der Waals surface area contributed by atoms with E-state index in [1.165, 1.54) is 6.07 Å². The fourth-order valence-electron chi connectivity index (χ4n) is 1.25. The molecule has 0 saturated carbocycles. The van der Waals surface area contributed by atoms with Crippen LogP contribution in [0.4, 0.5) is 23.7 Å². The van der Waals surface area contributed by atoms with Gasteiger partial charge in [0.15, 0.2) is 0 Å². The predicted octanol–water partition coefficient (Wildman–Crippen LogP) is 4.81. The van der Waals surface area contributed by atoms with E-state index in [4.69, 9.17) is 4.74 Å². The molecule has 0 bridgehead atoms. The number of amides is 1. The third-order valence-electron chi connectivity index (χ3n) is 1.87. The number of rotatable bonds is 1. The Labute approximate surface area is 117 Å². The van der Waals surface area contributed by atoms with E-state index in [-0.39, 0.29) is 10.2 Å². The van der Waals surface area contributed by atoms with Crippen LogP contribution in [0.2, 0.25) is 0 Å². The second kappa shape index (κ2) is 5.40. The molecule has 1 amide bonds. The zero-order valence-corrected chi connectivity index (χ0v) is 12.1. The average molecular weight is 340 g/mol. The van der Waals surface area contributed by atoms with Gasteiger partial charge in [-0.15, -0.1) is 0 Å². The van der Waals surface area contributed by atoms with Gasteiger partial charge >= 0.3 is 12.3 Å². The monoisotopic (exact) mass is 339 g/mol. The van der Waals surface area contributed by atoms with Crippen LogP contribution in [0.15, 0.2) is 22.7 Å². The molecule has 1 rings (SSSR count). The molecule has 0 radical (unpaired) electrons. The highest BCUT2D eigenvalue weighted by molar-refractivity contribution is 9.10. The first-order valence-electron chi connectivity index (χ1n) is 5.35. The molecular formula is C12H13BrF3NO2. The summed E-state index contributed by atoms with van der Waals surface area (Å²) in [5, 5.41) is 2.26. The number of alkyl halides is 3. The van der Waals surface area contributed by atoms with Gasteiger partial charge in [0, 0.05) is 10.2 Å². The summed E-state index contributed by atoms with van der Waals surface area (Å²) in [6, 6.07) is 3.13. The molecule has 0 fully saturated rings. The number of benzene rings is 1. The van der Waals surface area contributed by atoms with Crippen molar-refractivity contribution in [2.45, 2.75) is 32.5 Å². The van der Waals surface area contributed by atoms with Crippen molar-refractivity contribution < 1.29 is 22.7 Å². The molecule has 7 heteroatoms. The number of nitrogens with one attached hydrogen (secondary N) is 1. The van der Waals surface area contributed by atoms with Crippen molar-refractivity contribution in [3.05, 3.63) is 28.2 Å². The van der Waals surface area contributed by atoms with E-state index in [2.05, 4.69) is 21.2 Å². The number of carbonyl (C=O) groups is 1. The average Bonchev–Trinajstić information content (AvgIpc) is 2.11. The third kappa shape index (κ3) is 5.50. The fourth-order valence-corrected chi connectivity index (χ4v) is 1.74. The van der Waals surface area contributed by atoms with E-state index < -0.39 is 23.4 Å². The molecule has 0 saturated heterocycles. The molecule has 0 atom stereocenters. The SMILES string of the molecule is CC(C)(C)OC(=O)Nc1cc(Br)cc(C(F)(F)F)c1. The normalized spacial score (nSPS) is 12.2. The van der Waals surface area contributed by atoms with Crippen LogP contribution in [0.1, 0.15) is 26.3 Å². The van der Waals surface area contributed by atoms with Gasteiger partial charge in [0.25, 0.3) is 0 Å².